The van der Waals surface area contributed by atoms with Crippen molar-refractivity contribution in [3.63, 3.8) is 0 Å². The fourth-order valence-corrected chi connectivity index (χ4v) is 3.37. The number of benzene rings is 2. The first-order valence-electron chi connectivity index (χ1n) is 9.70. The van der Waals surface area contributed by atoms with Gasteiger partial charge in [0.15, 0.2) is 5.78 Å². The monoisotopic (exact) mass is 410 g/mol. The average Bonchev–Trinajstić information content (AvgIpc) is 2.65. The highest BCUT2D eigenvalue weighted by atomic mass is 16.6. The highest BCUT2D eigenvalue weighted by molar-refractivity contribution is 6.01. The number of Topliss-reactive ketones (excluding diaryl/α,β-unsaturated/α-hetero) is 1. The smallest absolute Gasteiger partial charge is 0.412 e. The number of nitrogens with zero attached hydrogens (tertiary/aromatic N) is 1. The number of fused-ring (bicyclic) bond motifs is 1. The molecule has 3 rings (SSSR count). The zero-order valence-electron chi connectivity index (χ0n) is 17.7. The largest absolute Gasteiger partial charge is 0.465 e. The molecule has 0 aromatic heterocycles. The lowest BCUT2D eigenvalue weighted by Gasteiger charge is -2.28. The number of carbonyl (C=O) groups is 3. The SMILES string of the molecule is COC(=O)c1ccc2c(c1)CN(Cc1cccc(NC(=O)OC(C)(C)C)c1)CC2=O. The molecule has 1 heterocycles. The highest BCUT2D eigenvalue weighted by Crippen LogP contribution is 2.23. The van der Waals surface area contributed by atoms with Crippen LogP contribution in [0.15, 0.2) is 42.5 Å². The lowest BCUT2D eigenvalue weighted by Crippen LogP contribution is -2.34. The van der Waals surface area contributed by atoms with Crippen LogP contribution in [-0.2, 0) is 22.6 Å². The maximum Gasteiger partial charge on any atom is 0.412 e. The zero-order valence-corrected chi connectivity index (χ0v) is 17.7. The summed E-state index contributed by atoms with van der Waals surface area (Å²) in [5.41, 5.74) is 2.86. The van der Waals surface area contributed by atoms with E-state index in [-0.39, 0.29) is 12.3 Å². The number of rotatable bonds is 4. The fourth-order valence-electron chi connectivity index (χ4n) is 3.37. The predicted octanol–water partition coefficient (Wildman–Crippen LogP) is 4.02. The van der Waals surface area contributed by atoms with Crippen LogP contribution in [0.1, 0.15) is 52.6 Å². The number of carbonyl (C=O) groups excluding carboxylic acids is 3. The maximum atomic E-state index is 12.6. The molecule has 0 aliphatic carbocycles. The van der Waals surface area contributed by atoms with E-state index in [0.717, 1.165) is 11.1 Å². The molecule has 0 saturated heterocycles. The van der Waals surface area contributed by atoms with Gasteiger partial charge in [-0.1, -0.05) is 18.2 Å². The van der Waals surface area contributed by atoms with Crippen molar-refractivity contribution in [2.75, 3.05) is 19.0 Å². The molecule has 0 saturated carbocycles. The Bertz CT molecular complexity index is 978. The molecule has 2 aromatic carbocycles. The maximum absolute atomic E-state index is 12.6. The van der Waals surface area contributed by atoms with Gasteiger partial charge in [0.25, 0.3) is 0 Å². The molecule has 0 atom stereocenters. The van der Waals surface area contributed by atoms with E-state index in [1.54, 1.807) is 45.0 Å². The molecule has 7 nitrogen and oxygen atoms in total. The Hall–Kier alpha value is -3.19. The molecule has 1 aliphatic heterocycles. The molecule has 0 fully saturated rings. The van der Waals surface area contributed by atoms with Crippen molar-refractivity contribution in [2.45, 2.75) is 39.5 Å². The Balaban J connectivity index is 1.71. The first kappa shape index (κ1) is 21.5. The molecule has 0 bridgehead atoms. The molecule has 0 unspecified atom stereocenters. The van der Waals surface area contributed by atoms with E-state index < -0.39 is 17.7 Å². The van der Waals surface area contributed by atoms with E-state index in [4.69, 9.17) is 9.47 Å². The molecule has 0 spiro atoms. The number of ketones is 1. The number of ether oxygens (including phenoxy) is 2. The number of amides is 1. The molecular weight excluding hydrogens is 384 g/mol. The second kappa shape index (κ2) is 8.67. The minimum atomic E-state index is -0.577. The van der Waals surface area contributed by atoms with Crippen LogP contribution in [0.4, 0.5) is 10.5 Å². The van der Waals surface area contributed by atoms with Gasteiger partial charge in [0.2, 0.25) is 0 Å². The Morgan fingerprint density at radius 2 is 1.87 bits per heavy atom. The molecule has 0 radical (unpaired) electrons. The van der Waals surface area contributed by atoms with Gasteiger partial charge >= 0.3 is 12.1 Å². The lowest BCUT2D eigenvalue weighted by molar-refractivity contribution is 0.0597. The van der Waals surface area contributed by atoms with Crippen molar-refractivity contribution >= 4 is 23.5 Å². The molecule has 7 heteroatoms. The third kappa shape index (κ3) is 5.45. The zero-order chi connectivity index (χ0) is 21.9. The third-order valence-corrected chi connectivity index (χ3v) is 4.57. The summed E-state index contributed by atoms with van der Waals surface area (Å²) in [5.74, 6) is -0.418. The molecule has 2 aromatic rings. The average molecular weight is 410 g/mol. The normalized spacial score (nSPS) is 14.1. The van der Waals surface area contributed by atoms with Crippen LogP contribution in [0.25, 0.3) is 0 Å². The molecule has 158 valence electrons. The molecule has 1 amide bonds. The van der Waals surface area contributed by atoms with E-state index in [1.807, 2.05) is 23.1 Å². The van der Waals surface area contributed by atoms with Crippen molar-refractivity contribution < 1.29 is 23.9 Å². The minimum absolute atomic E-state index is 0.00991. The van der Waals surface area contributed by atoms with Gasteiger partial charge in [-0.15, -0.1) is 0 Å². The van der Waals surface area contributed by atoms with Gasteiger partial charge in [0, 0.05) is 24.3 Å². The van der Waals surface area contributed by atoms with E-state index in [9.17, 15) is 14.4 Å². The second-order valence-electron chi connectivity index (χ2n) is 8.26. The van der Waals surface area contributed by atoms with Crippen molar-refractivity contribution in [1.82, 2.24) is 4.90 Å². The number of hydrogen-bond acceptors (Lipinski definition) is 6. The number of hydrogen-bond donors (Lipinski definition) is 1. The van der Waals surface area contributed by atoms with E-state index >= 15 is 0 Å². The number of methoxy groups -OCH3 is 1. The summed E-state index contributed by atoms with van der Waals surface area (Å²) >= 11 is 0. The molecule has 1 N–H and O–H groups in total. The van der Waals surface area contributed by atoms with Gasteiger partial charge in [0.1, 0.15) is 5.60 Å². The van der Waals surface area contributed by atoms with Gasteiger partial charge < -0.3 is 9.47 Å². The van der Waals surface area contributed by atoms with Crippen LogP contribution in [0.2, 0.25) is 0 Å². The van der Waals surface area contributed by atoms with Crippen molar-refractivity contribution in [3.8, 4) is 0 Å². The summed E-state index contributed by atoms with van der Waals surface area (Å²) < 4.78 is 10.1. The van der Waals surface area contributed by atoms with E-state index in [2.05, 4.69) is 5.32 Å². The Morgan fingerprint density at radius 3 is 2.57 bits per heavy atom. The fraction of sp³-hybridized carbons (Fsp3) is 0.348. The van der Waals surface area contributed by atoms with Crippen molar-refractivity contribution in [1.29, 1.82) is 0 Å². The number of nitrogens with one attached hydrogen (secondary N) is 1. The summed E-state index contributed by atoms with van der Waals surface area (Å²) in [6, 6.07) is 12.4. The summed E-state index contributed by atoms with van der Waals surface area (Å²) in [7, 11) is 1.33. The van der Waals surface area contributed by atoms with Gasteiger partial charge in [-0.05, 0) is 56.2 Å². The first-order valence-corrected chi connectivity index (χ1v) is 9.70. The van der Waals surface area contributed by atoms with Crippen molar-refractivity contribution in [3.05, 3.63) is 64.7 Å². The summed E-state index contributed by atoms with van der Waals surface area (Å²) in [6.45, 7) is 6.76. The van der Waals surface area contributed by atoms with Crippen LogP contribution < -0.4 is 5.32 Å². The number of esters is 1. The third-order valence-electron chi connectivity index (χ3n) is 4.57. The Kier molecular flexibility index (Phi) is 6.22. The Labute approximate surface area is 176 Å². The van der Waals surface area contributed by atoms with Gasteiger partial charge in [0.05, 0.1) is 19.2 Å². The summed E-state index contributed by atoms with van der Waals surface area (Å²) in [5, 5.41) is 2.73. The standard InChI is InChI=1S/C23H26N2O5/c1-23(2,3)30-22(28)24-18-7-5-6-15(10-18)12-25-13-17-11-16(21(27)29-4)8-9-19(17)20(26)14-25/h5-11H,12-14H2,1-4H3,(H,24,28). The van der Waals surface area contributed by atoms with E-state index in [0.29, 0.717) is 29.9 Å². The highest BCUT2D eigenvalue weighted by Gasteiger charge is 2.24. The number of anilines is 1. The summed E-state index contributed by atoms with van der Waals surface area (Å²) in [6.07, 6.45) is -0.517. The topological polar surface area (TPSA) is 84.9 Å². The second-order valence-corrected chi connectivity index (χ2v) is 8.26. The quantitative estimate of drug-likeness (QED) is 0.767. The van der Waals surface area contributed by atoms with Gasteiger partial charge in [-0.25, -0.2) is 9.59 Å². The van der Waals surface area contributed by atoms with Crippen molar-refractivity contribution in [2.24, 2.45) is 0 Å². The van der Waals surface area contributed by atoms with Crippen LogP contribution >= 0.6 is 0 Å². The van der Waals surface area contributed by atoms with Crippen LogP contribution in [0.5, 0.6) is 0 Å². The first-order chi connectivity index (χ1) is 14.1. The van der Waals surface area contributed by atoms with Gasteiger partial charge in [-0.3, -0.25) is 15.0 Å². The van der Waals surface area contributed by atoms with E-state index in [1.165, 1.54) is 7.11 Å². The molecule has 1 aliphatic rings. The summed E-state index contributed by atoms with van der Waals surface area (Å²) in [4.78, 5) is 38.3. The van der Waals surface area contributed by atoms with Crippen LogP contribution in [0, 0.1) is 0 Å². The molecular formula is C23H26N2O5. The predicted molar refractivity (Wildman–Crippen MR) is 113 cm³/mol. The van der Waals surface area contributed by atoms with Gasteiger partial charge in [-0.2, -0.15) is 0 Å². The molecule has 30 heavy (non-hydrogen) atoms. The minimum Gasteiger partial charge on any atom is -0.465 e. The van der Waals surface area contributed by atoms with Crippen LogP contribution in [-0.4, -0.2) is 42.0 Å². The van der Waals surface area contributed by atoms with Crippen LogP contribution in [0.3, 0.4) is 0 Å². The lowest BCUT2D eigenvalue weighted by atomic mass is 9.96. The Morgan fingerprint density at radius 1 is 1.10 bits per heavy atom.